The van der Waals surface area contributed by atoms with Crippen LogP contribution in [0.25, 0.3) is 9.75 Å². The Morgan fingerprint density at radius 2 is 1.13 bits per heavy atom. The first-order valence-electron chi connectivity index (χ1n) is 9.61. The van der Waals surface area contributed by atoms with E-state index in [1.54, 1.807) is 24.3 Å². The van der Waals surface area contributed by atoms with Gasteiger partial charge in [0.2, 0.25) is 0 Å². The molecule has 2 aliphatic rings. The van der Waals surface area contributed by atoms with Crippen LogP contribution in [0.5, 0.6) is 0 Å². The van der Waals surface area contributed by atoms with Gasteiger partial charge in [0.1, 0.15) is 9.75 Å². The summed E-state index contributed by atoms with van der Waals surface area (Å²) in [7, 11) is 0. The van der Waals surface area contributed by atoms with E-state index >= 15 is 0 Å². The zero-order valence-corrected chi connectivity index (χ0v) is 17.6. The van der Waals surface area contributed by atoms with E-state index in [2.05, 4.69) is 10.6 Å². The minimum atomic E-state index is -0.560. The van der Waals surface area contributed by atoms with Crippen LogP contribution >= 0.6 is 22.7 Å². The maximum absolute atomic E-state index is 12.1. The molecule has 0 aromatic carbocycles. The highest BCUT2D eigenvalue weighted by Gasteiger charge is 2.25. The van der Waals surface area contributed by atoms with Crippen molar-refractivity contribution in [2.45, 2.75) is 37.8 Å². The van der Waals surface area contributed by atoms with Crippen LogP contribution in [0.15, 0.2) is 24.3 Å². The van der Waals surface area contributed by atoms with Crippen molar-refractivity contribution in [3.8, 4) is 9.75 Å². The van der Waals surface area contributed by atoms with Gasteiger partial charge in [-0.1, -0.05) is 0 Å². The van der Waals surface area contributed by atoms with Gasteiger partial charge in [0.05, 0.1) is 0 Å². The first-order chi connectivity index (χ1) is 14.5. The summed E-state index contributed by atoms with van der Waals surface area (Å²) in [6.07, 6.45) is 3.88. The van der Waals surface area contributed by atoms with Crippen molar-refractivity contribution in [1.82, 2.24) is 10.6 Å². The molecule has 2 N–H and O–H groups in total. The first-order valence-corrected chi connectivity index (χ1v) is 11.2. The number of rotatable bonds is 9. The number of carbonyl (C=O) groups excluding carboxylic acids is 4. The fourth-order valence-corrected chi connectivity index (χ4v) is 4.45. The molecule has 0 bridgehead atoms. The maximum atomic E-state index is 12.1. The Morgan fingerprint density at radius 3 is 1.50 bits per heavy atom. The van der Waals surface area contributed by atoms with Crippen molar-refractivity contribution in [3.63, 3.8) is 0 Å². The Kier molecular flexibility index (Phi) is 6.14. The van der Waals surface area contributed by atoms with Gasteiger partial charge in [0, 0.05) is 21.8 Å². The largest absolute Gasteiger partial charge is 0.451 e. The van der Waals surface area contributed by atoms with Gasteiger partial charge >= 0.3 is 11.9 Å². The summed E-state index contributed by atoms with van der Waals surface area (Å²) in [5.74, 6) is -1.71. The van der Waals surface area contributed by atoms with Crippen molar-refractivity contribution in [2.24, 2.45) is 0 Å². The van der Waals surface area contributed by atoms with Crippen LogP contribution in [0.1, 0.15) is 45.0 Å². The Morgan fingerprint density at radius 1 is 0.733 bits per heavy atom. The molecule has 2 amide bonds. The molecule has 2 saturated carbocycles. The zero-order chi connectivity index (χ0) is 21.1. The molecule has 158 valence electrons. The lowest BCUT2D eigenvalue weighted by molar-refractivity contribution is -0.125. The van der Waals surface area contributed by atoms with E-state index < -0.39 is 11.9 Å². The average molecular weight is 449 g/mol. The Labute approximate surface area is 180 Å². The molecule has 0 radical (unpaired) electrons. The molecule has 4 rings (SSSR count). The third-order valence-corrected chi connectivity index (χ3v) is 6.74. The maximum Gasteiger partial charge on any atom is 0.348 e. The van der Waals surface area contributed by atoms with Crippen LogP contribution in [-0.4, -0.2) is 49.1 Å². The molecule has 2 fully saturated rings. The van der Waals surface area contributed by atoms with Gasteiger partial charge < -0.3 is 20.1 Å². The monoisotopic (exact) mass is 448 g/mol. The lowest BCUT2D eigenvalue weighted by Crippen LogP contribution is -2.30. The Hall–Kier alpha value is -2.72. The molecule has 2 aromatic rings. The molecule has 0 saturated heterocycles. The highest BCUT2D eigenvalue weighted by atomic mass is 32.1. The van der Waals surface area contributed by atoms with Crippen LogP contribution in [0.3, 0.4) is 0 Å². The van der Waals surface area contributed by atoms with Crippen LogP contribution < -0.4 is 10.6 Å². The molecule has 0 unspecified atom stereocenters. The van der Waals surface area contributed by atoms with Crippen LogP contribution in [0.2, 0.25) is 0 Å². The van der Waals surface area contributed by atoms with Gasteiger partial charge in [0.15, 0.2) is 13.2 Å². The summed E-state index contributed by atoms with van der Waals surface area (Å²) in [4.78, 5) is 49.8. The zero-order valence-electron chi connectivity index (χ0n) is 16.0. The molecule has 0 atom stereocenters. The van der Waals surface area contributed by atoms with Crippen LogP contribution in [0.4, 0.5) is 0 Å². The molecular weight excluding hydrogens is 428 g/mol. The second-order valence-electron chi connectivity index (χ2n) is 7.16. The van der Waals surface area contributed by atoms with Crippen LogP contribution in [0, 0.1) is 0 Å². The number of hydrogen-bond acceptors (Lipinski definition) is 8. The predicted molar refractivity (Wildman–Crippen MR) is 111 cm³/mol. The minimum absolute atomic E-state index is 0.219. The van der Waals surface area contributed by atoms with E-state index in [1.807, 2.05) is 0 Å². The summed E-state index contributed by atoms with van der Waals surface area (Å²) < 4.78 is 10.1. The minimum Gasteiger partial charge on any atom is -0.451 e. The third kappa shape index (κ3) is 5.67. The summed E-state index contributed by atoms with van der Waals surface area (Å²) >= 11 is 2.43. The quantitative estimate of drug-likeness (QED) is 0.570. The summed E-state index contributed by atoms with van der Waals surface area (Å²) in [5, 5.41) is 5.51. The highest BCUT2D eigenvalue weighted by molar-refractivity contribution is 7.23. The van der Waals surface area contributed by atoms with Gasteiger partial charge in [-0.25, -0.2) is 9.59 Å². The third-order valence-electron chi connectivity index (χ3n) is 4.41. The molecule has 30 heavy (non-hydrogen) atoms. The highest BCUT2D eigenvalue weighted by Crippen LogP contribution is 2.34. The lowest BCUT2D eigenvalue weighted by Gasteiger charge is -2.04. The number of thiophene rings is 2. The smallest absolute Gasteiger partial charge is 0.348 e. The van der Waals surface area contributed by atoms with Crippen LogP contribution in [-0.2, 0) is 19.1 Å². The van der Waals surface area contributed by atoms with E-state index in [0.29, 0.717) is 9.75 Å². The van der Waals surface area contributed by atoms with E-state index in [-0.39, 0.29) is 37.1 Å². The predicted octanol–water partition coefficient (Wildman–Crippen LogP) is 2.35. The number of nitrogens with one attached hydrogen (secondary N) is 2. The van der Waals surface area contributed by atoms with Gasteiger partial charge in [-0.15, -0.1) is 22.7 Å². The number of amides is 2. The second-order valence-corrected chi connectivity index (χ2v) is 9.33. The van der Waals surface area contributed by atoms with Crippen molar-refractivity contribution in [1.29, 1.82) is 0 Å². The number of ether oxygens (including phenoxy) is 2. The Bertz CT molecular complexity index is 895. The van der Waals surface area contributed by atoms with E-state index in [9.17, 15) is 19.2 Å². The van der Waals surface area contributed by atoms with E-state index in [1.165, 1.54) is 22.7 Å². The van der Waals surface area contributed by atoms with Crippen molar-refractivity contribution in [2.75, 3.05) is 13.2 Å². The topological polar surface area (TPSA) is 111 Å². The van der Waals surface area contributed by atoms with Gasteiger partial charge in [-0.2, -0.15) is 0 Å². The van der Waals surface area contributed by atoms with Gasteiger partial charge in [0.25, 0.3) is 11.8 Å². The average Bonchev–Trinajstić information content (AvgIpc) is 3.61. The molecule has 8 nitrogen and oxygen atoms in total. The van der Waals surface area contributed by atoms with E-state index in [4.69, 9.17) is 9.47 Å². The van der Waals surface area contributed by atoms with Gasteiger partial charge in [-0.3, -0.25) is 9.59 Å². The molecule has 2 heterocycles. The summed E-state index contributed by atoms with van der Waals surface area (Å²) in [5.41, 5.74) is 0. The fourth-order valence-electron chi connectivity index (χ4n) is 2.56. The standard InChI is InChI=1S/C20H20N2O6S2/c23-17(21-11-1-2-11)9-27-19(25)15-7-5-13(29-15)14-6-8-16(30-14)20(26)28-10-18(24)22-12-3-4-12/h5-8,11-12H,1-4,9-10H2,(H,21,23)(H,22,24). The summed E-state index contributed by atoms with van der Waals surface area (Å²) in [6, 6.07) is 7.21. The molecule has 2 aromatic heterocycles. The number of carbonyl (C=O) groups is 4. The lowest BCUT2D eigenvalue weighted by atomic mass is 10.3. The molecular formula is C20H20N2O6S2. The van der Waals surface area contributed by atoms with Crippen molar-refractivity contribution < 1.29 is 28.7 Å². The number of esters is 2. The molecule has 0 spiro atoms. The second kappa shape index (κ2) is 8.97. The Balaban J connectivity index is 1.28. The number of hydrogen-bond donors (Lipinski definition) is 2. The van der Waals surface area contributed by atoms with Crippen molar-refractivity contribution in [3.05, 3.63) is 34.0 Å². The SMILES string of the molecule is O=C(COC(=O)c1ccc(-c2ccc(C(=O)OCC(=O)NC3CC3)s2)s1)NC1CC1. The molecule has 2 aliphatic carbocycles. The van der Waals surface area contributed by atoms with Crippen molar-refractivity contribution >= 4 is 46.4 Å². The van der Waals surface area contributed by atoms with E-state index in [0.717, 1.165) is 35.4 Å². The first kappa shape index (κ1) is 20.5. The van der Waals surface area contributed by atoms with Gasteiger partial charge in [-0.05, 0) is 49.9 Å². The fraction of sp³-hybridized carbons (Fsp3) is 0.400. The normalized spacial score (nSPS) is 15.3. The summed E-state index contributed by atoms with van der Waals surface area (Å²) in [6.45, 7) is -0.599. The molecule has 10 heteroatoms. The molecule has 0 aliphatic heterocycles.